The Morgan fingerprint density at radius 2 is 1.27 bits per heavy atom. The summed E-state index contributed by atoms with van der Waals surface area (Å²) in [4.78, 5) is 39.3. The predicted octanol–water partition coefficient (Wildman–Crippen LogP) is 4.77. The van der Waals surface area contributed by atoms with Crippen LogP contribution < -0.4 is 18.9 Å². The molecule has 0 N–H and O–H groups in total. The lowest BCUT2D eigenvalue weighted by molar-refractivity contribution is 0.0770. The highest BCUT2D eigenvalue weighted by Crippen LogP contribution is 2.40. The quantitative estimate of drug-likeness (QED) is 0.306. The van der Waals surface area contributed by atoms with Crippen molar-refractivity contribution in [3.05, 3.63) is 59.7 Å². The number of carbonyl (C=O) groups excluding carboxylic acids is 2. The molecule has 0 radical (unpaired) electrons. The number of hydrogen-bond acceptors (Lipinski definition) is 8. The first-order valence-electron chi connectivity index (χ1n) is 14.5. The molecule has 0 bridgehead atoms. The molecule has 10 heteroatoms. The lowest BCUT2D eigenvalue weighted by atomic mass is 10.1. The molecule has 4 aliphatic rings. The first kappa shape index (κ1) is 29.1. The van der Waals surface area contributed by atoms with Gasteiger partial charge in [0, 0.05) is 50.0 Å². The molecule has 0 unspecified atom stereocenters. The third-order valence-corrected chi connectivity index (χ3v) is 8.26. The number of rotatable bonds is 9. The summed E-state index contributed by atoms with van der Waals surface area (Å²) in [6.07, 6.45) is 11.1. The molecule has 2 atom stereocenters. The number of benzene rings is 2. The SMILES string of the molecule is C#CCC(COc1cc2c(cc1OC)C(=O)N1CC(=C)C[C@H]1C=N2)COc1cc2c(cc1OC)C(=O)N1CC(=C)C[C@H]1C=N2. The molecule has 10 nitrogen and oxygen atoms in total. The maximum absolute atomic E-state index is 13.3. The van der Waals surface area contributed by atoms with Crippen molar-refractivity contribution in [3.8, 4) is 35.3 Å². The maximum Gasteiger partial charge on any atom is 0.257 e. The van der Waals surface area contributed by atoms with Crippen LogP contribution in [-0.4, -0.2) is 86.6 Å². The number of nitrogens with zero attached hydrogens (tertiary/aromatic N) is 4. The zero-order valence-electron chi connectivity index (χ0n) is 24.9. The minimum absolute atomic E-state index is 0.110. The Hall–Kier alpha value is -5.04. The van der Waals surface area contributed by atoms with Crippen LogP contribution in [0.15, 0.2) is 58.6 Å². The van der Waals surface area contributed by atoms with Gasteiger partial charge in [-0.2, -0.15) is 0 Å². The molecule has 2 fully saturated rings. The summed E-state index contributed by atoms with van der Waals surface area (Å²) in [5, 5.41) is 0. The van der Waals surface area contributed by atoms with Crippen molar-refractivity contribution in [2.75, 3.05) is 40.5 Å². The van der Waals surface area contributed by atoms with Gasteiger partial charge in [-0.15, -0.1) is 12.3 Å². The Labute approximate surface area is 256 Å². The van der Waals surface area contributed by atoms with Crippen LogP contribution in [0.4, 0.5) is 11.4 Å². The summed E-state index contributed by atoms with van der Waals surface area (Å²) in [5.41, 5.74) is 3.95. The zero-order chi connectivity index (χ0) is 31.0. The van der Waals surface area contributed by atoms with Crippen LogP contribution in [0.2, 0.25) is 0 Å². The number of hydrogen-bond donors (Lipinski definition) is 0. The number of terminal acetylenes is 1. The van der Waals surface area contributed by atoms with E-state index in [1.807, 2.05) is 0 Å². The Kier molecular flexibility index (Phi) is 7.87. The van der Waals surface area contributed by atoms with Crippen molar-refractivity contribution in [1.82, 2.24) is 9.80 Å². The average molecular weight is 595 g/mol. The van der Waals surface area contributed by atoms with E-state index in [0.29, 0.717) is 77.9 Å². The van der Waals surface area contributed by atoms with E-state index in [1.165, 1.54) is 14.2 Å². The fraction of sp³-hybridized carbons (Fsp3) is 0.353. The second-order valence-electron chi connectivity index (χ2n) is 11.4. The molecule has 44 heavy (non-hydrogen) atoms. The first-order valence-corrected chi connectivity index (χ1v) is 14.5. The molecule has 0 aromatic heterocycles. The molecule has 0 spiro atoms. The van der Waals surface area contributed by atoms with Crippen molar-refractivity contribution < 1.29 is 28.5 Å². The van der Waals surface area contributed by atoms with E-state index in [-0.39, 0.29) is 43.0 Å². The molecule has 0 saturated carbocycles. The Bertz CT molecular complexity index is 1540. The Morgan fingerprint density at radius 3 is 1.68 bits per heavy atom. The molecule has 0 aliphatic carbocycles. The van der Waals surface area contributed by atoms with Crippen molar-refractivity contribution in [2.24, 2.45) is 15.9 Å². The van der Waals surface area contributed by atoms with Crippen LogP contribution in [0.5, 0.6) is 23.0 Å². The van der Waals surface area contributed by atoms with Gasteiger partial charge in [0.1, 0.15) is 0 Å². The zero-order valence-corrected chi connectivity index (χ0v) is 24.9. The second kappa shape index (κ2) is 11.9. The van der Waals surface area contributed by atoms with Crippen molar-refractivity contribution in [2.45, 2.75) is 31.3 Å². The van der Waals surface area contributed by atoms with E-state index >= 15 is 0 Å². The molecular weight excluding hydrogens is 560 g/mol. The minimum Gasteiger partial charge on any atom is -0.493 e. The number of carbonyl (C=O) groups is 2. The summed E-state index contributed by atoms with van der Waals surface area (Å²) >= 11 is 0. The second-order valence-corrected chi connectivity index (χ2v) is 11.4. The number of aliphatic imine (C=N–C) groups is 2. The van der Waals surface area contributed by atoms with E-state index in [0.717, 1.165) is 11.1 Å². The largest absolute Gasteiger partial charge is 0.493 e. The number of fused-ring (bicyclic) bond motifs is 4. The fourth-order valence-corrected chi connectivity index (χ4v) is 5.96. The lowest BCUT2D eigenvalue weighted by Crippen LogP contribution is -2.35. The van der Waals surface area contributed by atoms with Gasteiger partial charge in [-0.1, -0.05) is 24.3 Å². The van der Waals surface area contributed by atoms with E-state index in [1.54, 1.807) is 46.5 Å². The summed E-state index contributed by atoms with van der Waals surface area (Å²) in [6, 6.07) is 6.56. The molecule has 4 heterocycles. The predicted molar refractivity (Wildman–Crippen MR) is 167 cm³/mol. The maximum atomic E-state index is 13.3. The minimum atomic E-state index is -0.199. The fourth-order valence-electron chi connectivity index (χ4n) is 5.96. The van der Waals surface area contributed by atoms with Gasteiger partial charge in [0.15, 0.2) is 23.0 Å². The van der Waals surface area contributed by atoms with Crippen molar-refractivity contribution >= 4 is 35.6 Å². The third-order valence-electron chi connectivity index (χ3n) is 8.26. The van der Waals surface area contributed by atoms with Crippen LogP contribution in [0.25, 0.3) is 0 Å². The van der Waals surface area contributed by atoms with Gasteiger partial charge >= 0.3 is 0 Å². The van der Waals surface area contributed by atoms with Gasteiger partial charge in [0.25, 0.3) is 11.8 Å². The van der Waals surface area contributed by atoms with Crippen LogP contribution in [-0.2, 0) is 0 Å². The van der Waals surface area contributed by atoms with Gasteiger partial charge in [0.05, 0.1) is 62.0 Å². The van der Waals surface area contributed by atoms with Gasteiger partial charge < -0.3 is 28.7 Å². The molecule has 2 amide bonds. The highest BCUT2D eigenvalue weighted by atomic mass is 16.5. The number of methoxy groups -OCH3 is 2. The van der Waals surface area contributed by atoms with Crippen molar-refractivity contribution in [3.63, 3.8) is 0 Å². The van der Waals surface area contributed by atoms with Crippen LogP contribution in [0.1, 0.15) is 40.0 Å². The number of amides is 2. The smallest absolute Gasteiger partial charge is 0.257 e. The monoisotopic (exact) mass is 594 g/mol. The van der Waals surface area contributed by atoms with Gasteiger partial charge in [0.2, 0.25) is 0 Å². The molecule has 2 aromatic rings. The average Bonchev–Trinajstić information content (AvgIpc) is 3.53. The standard InChI is InChI=1S/C34H34N4O6/c1-6-7-22(18-43-31-12-27-25(10-29(31)41-4)33(39)37-16-20(2)8-23(37)14-35-27)19-44-32-13-28-26(11-30(32)42-5)34(40)38-17-21(3)9-24(38)15-36-28/h1,10-15,22-24H,2-3,7-9,16-19H2,4-5H3/t23-,24-/m0/s1. The van der Waals surface area contributed by atoms with Crippen LogP contribution in [0.3, 0.4) is 0 Å². The summed E-state index contributed by atoms with van der Waals surface area (Å²) in [6.45, 7) is 9.52. The van der Waals surface area contributed by atoms with Crippen molar-refractivity contribution in [1.29, 1.82) is 0 Å². The van der Waals surface area contributed by atoms with E-state index in [2.05, 4.69) is 29.1 Å². The molecular formula is C34H34N4O6. The van der Waals surface area contributed by atoms with Gasteiger partial charge in [-0.3, -0.25) is 19.6 Å². The summed E-state index contributed by atoms with van der Waals surface area (Å²) in [5.74, 6) is 4.00. The molecule has 2 saturated heterocycles. The Morgan fingerprint density at radius 1 is 0.818 bits per heavy atom. The number of ether oxygens (including phenoxy) is 4. The molecule has 226 valence electrons. The lowest BCUT2D eigenvalue weighted by Gasteiger charge is -2.21. The van der Waals surface area contributed by atoms with E-state index in [4.69, 9.17) is 25.4 Å². The highest BCUT2D eigenvalue weighted by Gasteiger charge is 2.35. The topological polar surface area (TPSA) is 102 Å². The first-order chi connectivity index (χ1) is 21.3. The van der Waals surface area contributed by atoms with Crippen LogP contribution >= 0.6 is 0 Å². The van der Waals surface area contributed by atoms with Gasteiger partial charge in [-0.05, 0) is 25.0 Å². The van der Waals surface area contributed by atoms with Crippen LogP contribution in [0, 0.1) is 18.3 Å². The summed E-state index contributed by atoms with van der Waals surface area (Å²) < 4.78 is 23.6. The molecule has 4 aliphatic heterocycles. The third kappa shape index (κ3) is 5.41. The molecule has 2 aromatic carbocycles. The molecule has 6 rings (SSSR count). The van der Waals surface area contributed by atoms with E-state index < -0.39 is 0 Å². The van der Waals surface area contributed by atoms with E-state index in [9.17, 15) is 9.59 Å². The van der Waals surface area contributed by atoms with Gasteiger partial charge in [-0.25, -0.2) is 0 Å². The highest BCUT2D eigenvalue weighted by molar-refractivity contribution is 6.04. The summed E-state index contributed by atoms with van der Waals surface area (Å²) in [7, 11) is 3.06. The normalized spacial score (nSPS) is 20.0. The Balaban J connectivity index is 1.18.